The Bertz CT molecular complexity index is 1290. The van der Waals surface area contributed by atoms with E-state index in [9.17, 15) is 32.9 Å². The van der Waals surface area contributed by atoms with Gasteiger partial charge in [-0.1, -0.05) is 37.7 Å². The molecule has 0 aliphatic carbocycles. The second-order valence-corrected chi connectivity index (χ2v) is 8.81. The van der Waals surface area contributed by atoms with Crippen molar-refractivity contribution >= 4 is 39.9 Å². The Hall–Kier alpha value is -3.41. The monoisotopic (exact) mass is 494 g/mol. The van der Waals surface area contributed by atoms with Crippen LogP contribution in [0.2, 0.25) is 0 Å². The molecule has 0 unspecified atom stereocenters. The molecule has 0 radical (unpaired) electrons. The summed E-state index contributed by atoms with van der Waals surface area (Å²) in [6, 6.07) is 8.87. The Kier molecular flexibility index (Phi) is 7.60. The quantitative estimate of drug-likeness (QED) is 0.202. The molecule has 1 N–H and O–H groups in total. The minimum absolute atomic E-state index is 0.260. The summed E-state index contributed by atoms with van der Waals surface area (Å²) >= 11 is 0.927. The van der Waals surface area contributed by atoms with Gasteiger partial charge in [0, 0.05) is 18.7 Å². The molecule has 3 aromatic rings. The Morgan fingerprint density at radius 2 is 1.94 bits per heavy atom. The molecule has 34 heavy (non-hydrogen) atoms. The molecule has 0 atom stereocenters. The number of hydrogen-bond donors (Lipinski definition) is 1. The van der Waals surface area contributed by atoms with Crippen molar-refractivity contribution in [2.75, 3.05) is 11.1 Å². The van der Waals surface area contributed by atoms with Crippen molar-refractivity contribution < 1.29 is 22.9 Å². The average Bonchev–Trinajstić information content (AvgIpc) is 2.76. The number of benzene rings is 2. The van der Waals surface area contributed by atoms with Gasteiger partial charge in [0.25, 0.3) is 11.2 Å². The zero-order valence-electron chi connectivity index (χ0n) is 18.3. The van der Waals surface area contributed by atoms with Crippen LogP contribution in [0.1, 0.15) is 25.8 Å². The molecule has 0 aliphatic heterocycles. The number of para-hydroxylation sites is 1. The Labute approximate surface area is 196 Å². The lowest BCUT2D eigenvalue weighted by atomic mass is 10.1. The first-order valence-corrected chi connectivity index (χ1v) is 11.2. The van der Waals surface area contributed by atoms with Gasteiger partial charge in [-0.05, 0) is 30.5 Å². The van der Waals surface area contributed by atoms with Gasteiger partial charge in [0.1, 0.15) is 0 Å². The average molecular weight is 494 g/mol. The smallest absolute Gasteiger partial charge is 0.325 e. The van der Waals surface area contributed by atoms with E-state index < -0.39 is 33.9 Å². The first kappa shape index (κ1) is 25.2. The highest BCUT2D eigenvalue weighted by Crippen LogP contribution is 2.37. The van der Waals surface area contributed by atoms with Crippen LogP contribution in [0.3, 0.4) is 0 Å². The van der Waals surface area contributed by atoms with Crippen LogP contribution in [-0.2, 0) is 17.5 Å². The fourth-order valence-corrected chi connectivity index (χ4v) is 3.97. The minimum atomic E-state index is -4.90. The lowest BCUT2D eigenvalue weighted by Crippen LogP contribution is -2.25. The molecule has 0 fully saturated rings. The summed E-state index contributed by atoms with van der Waals surface area (Å²) in [5, 5.41) is 13.7. The van der Waals surface area contributed by atoms with Crippen LogP contribution in [0.5, 0.6) is 0 Å². The lowest BCUT2D eigenvalue weighted by molar-refractivity contribution is -0.385. The van der Waals surface area contributed by atoms with Gasteiger partial charge in [0.05, 0.1) is 32.8 Å². The van der Waals surface area contributed by atoms with E-state index in [1.807, 2.05) is 13.8 Å². The number of nitrogens with zero attached hydrogens (tertiary/aromatic N) is 3. The zero-order valence-corrected chi connectivity index (χ0v) is 19.1. The fraction of sp³-hybridized carbons (Fsp3) is 0.318. The molecular weight excluding hydrogens is 473 g/mol. The summed E-state index contributed by atoms with van der Waals surface area (Å²) in [5.41, 5.74) is -2.46. The van der Waals surface area contributed by atoms with Crippen molar-refractivity contribution in [1.29, 1.82) is 0 Å². The SMILES string of the molecule is CC(C)CCn1c(SCC(=O)Nc2ccc([N+](=O)[O-])cc2C(F)(F)F)nc2ccccc2c1=O. The lowest BCUT2D eigenvalue weighted by Gasteiger charge is -2.15. The summed E-state index contributed by atoms with van der Waals surface area (Å²) in [5.74, 6) is -0.787. The fourth-order valence-electron chi connectivity index (χ4n) is 3.15. The van der Waals surface area contributed by atoms with Crippen molar-refractivity contribution in [3.63, 3.8) is 0 Å². The van der Waals surface area contributed by atoms with Crippen molar-refractivity contribution in [3.8, 4) is 0 Å². The van der Waals surface area contributed by atoms with Gasteiger partial charge >= 0.3 is 6.18 Å². The summed E-state index contributed by atoms with van der Waals surface area (Å²) < 4.78 is 41.6. The summed E-state index contributed by atoms with van der Waals surface area (Å²) in [7, 11) is 0. The third-order valence-corrected chi connectivity index (χ3v) is 5.86. The van der Waals surface area contributed by atoms with Crippen LogP contribution in [-0.4, -0.2) is 26.1 Å². The van der Waals surface area contributed by atoms with E-state index in [1.54, 1.807) is 24.3 Å². The summed E-state index contributed by atoms with van der Waals surface area (Å²) in [4.78, 5) is 39.8. The maximum Gasteiger partial charge on any atom is 0.418 e. The Morgan fingerprint density at radius 1 is 1.24 bits per heavy atom. The van der Waals surface area contributed by atoms with E-state index in [0.717, 1.165) is 23.9 Å². The number of nitro benzene ring substituents is 1. The third-order valence-electron chi connectivity index (χ3n) is 4.88. The number of anilines is 1. The van der Waals surface area contributed by atoms with Gasteiger partial charge in [0.15, 0.2) is 5.16 Å². The molecule has 180 valence electrons. The van der Waals surface area contributed by atoms with E-state index in [2.05, 4.69) is 10.3 Å². The van der Waals surface area contributed by atoms with Gasteiger partial charge < -0.3 is 5.32 Å². The highest BCUT2D eigenvalue weighted by atomic mass is 32.2. The summed E-state index contributed by atoms with van der Waals surface area (Å²) in [6.45, 7) is 4.38. The van der Waals surface area contributed by atoms with E-state index in [4.69, 9.17) is 0 Å². The van der Waals surface area contributed by atoms with Crippen molar-refractivity contribution in [3.05, 3.63) is 68.5 Å². The van der Waals surface area contributed by atoms with Gasteiger partial charge in [-0.3, -0.25) is 24.3 Å². The first-order chi connectivity index (χ1) is 16.0. The predicted octanol–water partition coefficient (Wildman–Crippen LogP) is 5.10. The molecule has 3 rings (SSSR count). The number of nitro groups is 1. The maximum absolute atomic E-state index is 13.4. The zero-order chi connectivity index (χ0) is 25.0. The number of alkyl halides is 3. The van der Waals surface area contributed by atoms with Crippen molar-refractivity contribution in [2.45, 2.75) is 38.1 Å². The Morgan fingerprint density at radius 3 is 2.59 bits per heavy atom. The third kappa shape index (κ3) is 5.93. The molecule has 2 aromatic carbocycles. The first-order valence-electron chi connectivity index (χ1n) is 10.2. The Balaban J connectivity index is 1.85. The standard InChI is InChI=1S/C22H21F3N4O4S/c1-13(2)9-10-28-20(31)15-5-3-4-6-17(15)27-21(28)34-12-19(30)26-18-8-7-14(29(32)33)11-16(18)22(23,24)25/h3-8,11,13H,9-10,12H2,1-2H3,(H,26,30). The topological polar surface area (TPSA) is 107 Å². The van der Waals surface area contributed by atoms with Crippen LogP contribution in [0.15, 0.2) is 52.4 Å². The van der Waals surface area contributed by atoms with Crippen LogP contribution >= 0.6 is 11.8 Å². The predicted molar refractivity (Wildman–Crippen MR) is 123 cm³/mol. The largest absolute Gasteiger partial charge is 0.418 e. The van der Waals surface area contributed by atoms with Crippen molar-refractivity contribution in [1.82, 2.24) is 9.55 Å². The maximum atomic E-state index is 13.4. The highest BCUT2D eigenvalue weighted by molar-refractivity contribution is 7.99. The number of rotatable bonds is 8. The highest BCUT2D eigenvalue weighted by Gasteiger charge is 2.35. The number of hydrogen-bond acceptors (Lipinski definition) is 6. The number of thioether (sulfide) groups is 1. The number of aromatic nitrogens is 2. The van der Waals surface area contributed by atoms with Crippen molar-refractivity contribution in [2.24, 2.45) is 5.92 Å². The van der Waals surface area contributed by atoms with Gasteiger partial charge in [-0.15, -0.1) is 0 Å². The molecule has 0 aliphatic rings. The number of nitrogens with one attached hydrogen (secondary N) is 1. The van der Waals surface area contributed by atoms with Crippen LogP contribution < -0.4 is 10.9 Å². The van der Waals surface area contributed by atoms with Crippen LogP contribution in [0, 0.1) is 16.0 Å². The van der Waals surface area contributed by atoms with Crippen LogP contribution in [0.25, 0.3) is 10.9 Å². The number of halogens is 3. The van der Waals surface area contributed by atoms with Gasteiger partial charge in [-0.2, -0.15) is 13.2 Å². The number of carbonyl (C=O) groups is 1. The van der Waals surface area contributed by atoms with E-state index in [0.29, 0.717) is 35.9 Å². The second kappa shape index (κ2) is 10.2. The number of fused-ring (bicyclic) bond motifs is 1. The van der Waals surface area contributed by atoms with E-state index in [-0.39, 0.29) is 16.5 Å². The van der Waals surface area contributed by atoms with E-state index >= 15 is 0 Å². The summed E-state index contributed by atoms with van der Waals surface area (Å²) in [6.07, 6.45) is -4.21. The molecule has 8 nitrogen and oxygen atoms in total. The van der Waals surface area contributed by atoms with Gasteiger partial charge in [-0.25, -0.2) is 4.98 Å². The molecule has 12 heteroatoms. The molecular formula is C22H21F3N4O4S. The number of amides is 1. The molecule has 0 saturated heterocycles. The minimum Gasteiger partial charge on any atom is -0.325 e. The van der Waals surface area contributed by atoms with Gasteiger partial charge in [0.2, 0.25) is 5.91 Å². The molecule has 0 saturated carbocycles. The molecule has 0 bridgehead atoms. The van der Waals surface area contributed by atoms with Crippen LogP contribution in [0.4, 0.5) is 24.5 Å². The molecule has 1 amide bonds. The normalized spacial score (nSPS) is 11.7. The molecule has 1 aromatic heterocycles. The van der Waals surface area contributed by atoms with E-state index in [1.165, 1.54) is 4.57 Å². The number of non-ortho nitro benzene ring substituents is 1. The number of carbonyl (C=O) groups excluding carboxylic acids is 1. The molecule has 1 heterocycles. The molecule has 0 spiro atoms. The second-order valence-electron chi connectivity index (χ2n) is 7.87.